The lowest BCUT2D eigenvalue weighted by molar-refractivity contribution is -0.138. The van der Waals surface area contributed by atoms with Gasteiger partial charge in [0, 0.05) is 35.8 Å². The molecule has 0 unspecified atom stereocenters. The maximum absolute atomic E-state index is 12.5. The highest BCUT2D eigenvalue weighted by Gasteiger charge is 2.37. The second-order valence-corrected chi connectivity index (χ2v) is 7.26. The number of rotatable bonds is 4. The fourth-order valence-corrected chi connectivity index (χ4v) is 3.78. The van der Waals surface area contributed by atoms with E-state index < -0.39 is 5.97 Å². The summed E-state index contributed by atoms with van der Waals surface area (Å²) in [6.07, 6.45) is 7.56. The second kappa shape index (κ2) is 7.10. The van der Waals surface area contributed by atoms with Gasteiger partial charge in [0.05, 0.1) is 23.4 Å². The number of benzene rings is 1. The van der Waals surface area contributed by atoms with Crippen LogP contribution in [0.4, 0.5) is 5.69 Å². The van der Waals surface area contributed by atoms with E-state index in [9.17, 15) is 9.59 Å². The summed E-state index contributed by atoms with van der Waals surface area (Å²) in [7, 11) is 0. The van der Waals surface area contributed by atoms with Crippen LogP contribution in [-0.2, 0) is 14.3 Å². The normalized spacial score (nSPS) is 15.6. The minimum Gasteiger partial charge on any atom is -0.462 e. The van der Waals surface area contributed by atoms with Crippen LogP contribution in [0.5, 0.6) is 0 Å². The van der Waals surface area contributed by atoms with Crippen molar-refractivity contribution in [3.63, 3.8) is 0 Å². The second-order valence-electron chi connectivity index (χ2n) is 7.26. The number of ether oxygens (including phenoxy) is 1. The van der Waals surface area contributed by atoms with Crippen LogP contribution in [0.1, 0.15) is 36.5 Å². The first-order valence-electron chi connectivity index (χ1n) is 9.54. The SMILES string of the molecule is CCOC(=O)C1=CN(C2CC2)c2c(ccc(-c3cncc(C)c3)c2C)C1=C=O. The Labute approximate surface area is 164 Å². The highest BCUT2D eigenvalue weighted by molar-refractivity contribution is 6.17. The predicted molar refractivity (Wildman–Crippen MR) is 108 cm³/mol. The van der Waals surface area contributed by atoms with Gasteiger partial charge in [-0.3, -0.25) is 4.98 Å². The van der Waals surface area contributed by atoms with E-state index in [0.717, 1.165) is 46.3 Å². The molecule has 2 heterocycles. The third-order valence-electron chi connectivity index (χ3n) is 5.22. The molecule has 1 aromatic heterocycles. The van der Waals surface area contributed by atoms with Gasteiger partial charge in [0.1, 0.15) is 5.94 Å². The molecule has 0 amide bonds. The zero-order chi connectivity index (χ0) is 19.8. The number of carbonyl (C=O) groups is 1. The van der Waals surface area contributed by atoms with Gasteiger partial charge < -0.3 is 9.64 Å². The van der Waals surface area contributed by atoms with Gasteiger partial charge in [0.2, 0.25) is 0 Å². The molecule has 1 saturated carbocycles. The van der Waals surface area contributed by atoms with Gasteiger partial charge >= 0.3 is 5.97 Å². The summed E-state index contributed by atoms with van der Waals surface area (Å²) in [5, 5.41) is 0. The van der Waals surface area contributed by atoms with E-state index in [0.29, 0.717) is 6.04 Å². The molecule has 2 aromatic rings. The van der Waals surface area contributed by atoms with Crippen molar-refractivity contribution in [3.05, 3.63) is 59.1 Å². The van der Waals surface area contributed by atoms with Crippen LogP contribution in [0.2, 0.25) is 0 Å². The van der Waals surface area contributed by atoms with E-state index in [1.807, 2.05) is 37.4 Å². The third-order valence-corrected chi connectivity index (χ3v) is 5.22. The Kier molecular flexibility index (Phi) is 4.62. The van der Waals surface area contributed by atoms with Gasteiger partial charge in [-0.05, 0) is 56.4 Å². The fourth-order valence-electron chi connectivity index (χ4n) is 3.78. The number of pyridine rings is 1. The van der Waals surface area contributed by atoms with Crippen molar-refractivity contribution in [2.75, 3.05) is 11.5 Å². The molecule has 0 radical (unpaired) electrons. The Morgan fingerprint density at radius 3 is 2.64 bits per heavy atom. The molecular weight excluding hydrogens is 352 g/mol. The summed E-state index contributed by atoms with van der Waals surface area (Å²) >= 11 is 0. The minimum absolute atomic E-state index is 0.261. The first kappa shape index (κ1) is 18.2. The minimum atomic E-state index is -0.484. The van der Waals surface area contributed by atoms with E-state index in [4.69, 9.17) is 4.74 Å². The van der Waals surface area contributed by atoms with E-state index in [1.165, 1.54) is 0 Å². The van der Waals surface area contributed by atoms with Crippen LogP contribution >= 0.6 is 0 Å². The predicted octanol–water partition coefficient (Wildman–Crippen LogP) is 4.01. The lowest BCUT2D eigenvalue weighted by Crippen LogP contribution is -2.28. The number of esters is 1. The molecule has 0 N–H and O–H groups in total. The average Bonchev–Trinajstić information content (AvgIpc) is 3.52. The Hall–Kier alpha value is -3.17. The van der Waals surface area contributed by atoms with Crippen molar-refractivity contribution in [1.29, 1.82) is 0 Å². The van der Waals surface area contributed by atoms with E-state index in [2.05, 4.69) is 22.9 Å². The lowest BCUT2D eigenvalue weighted by atomic mass is 9.88. The Morgan fingerprint density at radius 2 is 2.00 bits per heavy atom. The van der Waals surface area contributed by atoms with Gasteiger partial charge in [-0.2, -0.15) is 0 Å². The summed E-state index contributed by atoms with van der Waals surface area (Å²) in [5.74, 6) is 1.50. The van der Waals surface area contributed by atoms with Crippen molar-refractivity contribution >= 4 is 23.2 Å². The van der Waals surface area contributed by atoms with Crippen LogP contribution < -0.4 is 4.90 Å². The number of aryl methyl sites for hydroxylation is 1. The summed E-state index contributed by atoms with van der Waals surface area (Å²) < 4.78 is 5.17. The molecule has 2 aliphatic rings. The van der Waals surface area contributed by atoms with Gasteiger partial charge in [0.15, 0.2) is 0 Å². The zero-order valence-electron chi connectivity index (χ0n) is 16.3. The van der Waals surface area contributed by atoms with Crippen molar-refractivity contribution < 1.29 is 14.3 Å². The van der Waals surface area contributed by atoms with Crippen molar-refractivity contribution in [3.8, 4) is 11.1 Å². The topological polar surface area (TPSA) is 59.5 Å². The number of anilines is 1. The number of aromatic nitrogens is 1. The van der Waals surface area contributed by atoms with E-state index >= 15 is 0 Å². The van der Waals surface area contributed by atoms with E-state index in [1.54, 1.807) is 13.1 Å². The third kappa shape index (κ3) is 3.04. The van der Waals surface area contributed by atoms with Crippen LogP contribution in [0.25, 0.3) is 16.7 Å². The molecule has 1 aliphatic heterocycles. The van der Waals surface area contributed by atoms with E-state index in [-0.39, 0.29) is 17.8 Å². The maximum Gasteiger partial charge on any atom is 0.341 e. The molecule has 0 bridgehead atoms. The van der Waals surface area contributed by atoms with Crippen LogP contribution in [0.3, 0.4) is 0 Å². The zero-order valence-corrected chi connectivity index (χ0v) is 16.3. The molecular formula is C23H22N2O3. The molecule has 4 rings (SSSR count). The quantitative estimate of drug-likeness (QED) is 0.598. The summed E-state index contributed by atoms with van der Waals surface area (Å²) in [4.78, 5) is 30.7. The first-order valence-corrected chi connectivity index (χ1v) is 9.54. The highest BCUT2D eigenvalue weighted by Crippen LogP contribution is 2.46. The molecule has 0 atom stereocenters. The van der Waals surface area contributed by atoms with Crippen molar-refractivity contribution in [2.45, 2.75) is 39.7 Å². The summed E-state index contributed by atoms with van der Waals surface area (Å²) in [5.41, 5.74) is 6.49. The molecule has 0 saturated heterocycles. The summed E-state index contributed by atoms with van der Waals surface area (Å²) in [6.45, 7) is 6.08. The molecule has 5 nitrogen and oxygen atoms in total. The maximum atomic E-state index is 12.5. The molecule has 28 heavy (non-hydrogen) atoms. The number of carbonyl (C=O) groups excluding carboxylic acids is 2. The van der Waals surface area contributed by atoms with Crippen molar-refractivity contribution in [1.82, 2.24) is 4.98 Å². The van der Waals surface area contributed by atoms with Crippen LogP contribution in [0.15, 0.2) is 42.4 Å². The number of hydrogen-bond donors (Lipinski definition) is 0. The first-order chi connectivity index (χ1) is 13.5. The Bertz CT molecular complexity index is 1040. The number of hydrogen-bond acceptors (Lipinski definition) is 5. The molecule has 5 heteroatoms. The number of nitrogens with zero attached hydrogens (tertiary/aromatic N) is 2. The molecule has 142 valence electrons. The molecule has 1 aromatic carbocycles. The fraction of sp³-hybridized carbons (Fsp3) is 0.304. The van der Waals surface area contributed by atoms with Gasteiger partial charge in [-0.1, -0.05) is 12.1 Å². The highest BCUT2D eigenvalue weighted by atomic mass is 16.5. The van der Waals surface area contributed by atoms with Crippen LogP contribution in [-0.4, -0.2) is 29.5 Å². The molecule has 1 aliphatic carbocycles. The molecule has 1 fully saturated rings. The Balaban J connectivity index is 1.90. The van der Waals surface area contributed by atoms with Gasteiger partial charge in [-0.25, -0.2) is 9.59 Å². The van der Waals surface area contributed by atoms with Crippen LogP contribution in [0, 0.1) is 13.8 Å². The molecule has 0 spiro atoms. The summed E-state index contributed by atoms with van der Waals surface area (Å²) in [6, 6.07) is 6.33. The average molecular weight is 374 g/mol. The monoisotopic (exact) mass is 374 g/mol. The lowest BCUT2D eigenvalue weighted by Gasteiger charge is -2.31. The van der Waals surface area contributed by atoms with Gasteiger partial charge in [-0.15, -0.1) is 0 Å². The largest absolute Gasteiger partial charge is 0.462 e. The smallest absolute Gasteiger partial charge is 0.341 e. The van der Waals surface area contributed by atoms with Crippen molar-refractivity contribution in [2.24, 2.45) is 0 Å². The van der Waals surface area contributed by atoms with Gasteiger partial charge in [0.25, 0.3) is 0 Å². The standard InChI is InChI=1S/C23H22N2O3/c1-4-28-23(27)20-12-25(17-5-6-17)22-15(3)18(7-8-19(22)21(20)13-26)16-9-14(2)10-24-11-16/h7-12,17H,4-6H2,1-3H3. The Morgan fingerprint density at radius 1 is 1.25 bits per heavy atom. The number of fused-ring (bicyclic) bond motifs is 1.